The SMILES string of the molecule is C/C(=N\Nc1ccc(C(=O)[O-])cc1)c1ccccn1. The van der Waals surface area contributed by atoms with E-state index in [2.05, 4.69) is 15.5 Å². The second kappa shape index (κ2) is 5.77. The second-order valence-corrected chi connectivity index (χ2v) is 3.89. The Morgan fingerprint density at radius 1 is 1.21 bits per heavy atom. The lowest BCUT2D eigenvalue weighted by atomic mass is 10.2. The highest BCUT2D eigenvalue weighted by molar-refractivity contribution is 5.97. The van der Waals surface area contributed by atoms with Crippen molar-refractivity contribution in [2.75, 3.05) is 5.43 Å². The predicted octanol–water partition coefficient (Wildman–Crippen LogP) is 1.28. The highest BCUT2D eigenvalue weighted by Gasteiger charge is 1.98. The van der Waals surface area contributed by atoms with E-state index < -0.39 is 5.97 Å². The molecule has 0 aliphatic rings. The van der Waals surface area contributed by atoms with Gasteiger partial charge in [-0.1, -0.05) is 18.2 Å². The van der Waals surface area contributed by atoms with E-state index in [0.717, 1.165) is 11.4 Å². The van der Waals surface area contributed by atoms with E-state index in [1.165, 1.54) is 12.1 Å². The van der Waals surface area contributed by atoms with Crippen LogP contribution < -0.4 is 10.5 Å². The van der Waals surface area contributed by atoms with Crippen molar-refractivity contribution in [2.45, 2.75) is 6.92 Å². The van der Waals surface area contributed by atoms with E-state index in [4.69, 9.17) is 0 Å². The number of nitrogens with one attached hydrogen (secondary N) is 1. The predicted molar refractivity (Wildman–Crippen MR) is 70.8 cm³/mol. The zero-order valence-corrected chi connectivity index (χ0v) is 10.3. The molecule has 0 saturated carbocycles. The monoisotopic (exact) mass is 254 g/mol. The summed E-state index contributed by atoms with van der Waals surface area (Å²) in [6, 6.07) is 11.8. The smallest absolute Gasteiger partial charge is 0.0859 e. The van der Waals surface area contributed by atoms with Gasteiger partial charge >= 0.3 is 0 Å². The minimum atomic E-state index is -1.19. The molecule has 0 bridgehead atoms. The number of carboxylic acids is 1. The topological polar surface area (TPSA) is 77.4 Å². The molecular weight excluding hydrogens is 242 g/mol. The molecule has 0 spiro atoms. The molecule has 2 aromatic rings. The second-order valence-electron chi connectivity index (χ2n) is 3.89. The maximum absolute atomic E-state index is 10.6. The first-order chi connectivity index (χ1) is 9.16. The van der Waals surface area contributed by atoms with Crippen molar-refractivity contribution in [1.29, 1.82) is 0 Å². The molecule has 0 atom stereocenters. The third-order valence-electron chi connectivity index (χ3n) is 2.51. The summed E-state index contributed by atoms with van der Waals surface area (Å²) >= 11 is 0. The number of aromatic nitrogens is 1. The summed E-state index contributed by atoms with van der Waals surface area (Å²) in [5, 5.41) is 14.8. The van der Waals surface area contributed by atoms with Crippen molar-refractivity contribution in [1.82, 2.24) is 4.98 Å². The van der Waals surface area contributed by atoms with Gasteiger partial charge in [0.05, 0.1) is 23.1 Å². The number of carbonyl (C=O) groups is 1. The van der Waals surface area contributed by atoms with Gasteiger partial charge in [-0.2, -0.15) is 5.10 Å². The molecule has 19 heavy (non-hydrogen) atoms. The van der Waals surface area contributed by atoms with Crippen LogP contribution in [0.15, 0.2) is 53.8 Å². The van der Waals surface area contributed by atoms with Gasteiger partial charge in [0.25, 0.3) is 0 Å². The fourth-order valence-electron chi connectivity index (χ4n) is 1.46. The maximum Gasteiger partial charge on any atom is 0.0859 e. The zero-order chi connectivity index (χ0) is 13.7. The number of aromatic carboxylic acids is 1. The molecule has 1 N–H and O–H groups in total. The minimum Gasteiger partial charge on any atom is -0.545 e. The third kappa shape index (κ3) is 3.38. The fourth-order valence-corrected chi connectivity index (χ4v) is 1.46. The van der Waals surface area contributed by atoms with Crippen LogP contribution in [0.3, 0.4) is 0 Å². The number of hydrazone groups is 1. The van der Waals surface area contributed by atoms with E-state index in [0.29, 0.717) is 5.69 Å². The summed E-state index contributed by atoms with van der Waals surface area (Å²) in [6.07, 6.45) is 1.70. The first-order valence-corrected chi connectivity index (χ1v) is 5.70. The lowest BCUT2D eigenvalue weighted by Crippen LogP contribution is -2.21. The van der Waals surface area contributed by atoms with E-state index in [9.17, 15) is 9.90 Å². The number of carbonyl (C=O) groups excluding carboxylic acids is 1. The van der Waals surface area contributed by atoms with Crippen LogP contribution in [-0.4, -0.2) is 16.7 Å². The Morgan fingerprint density at radius 2 is 1.95 bits per heavy atom. The number of hydrogen-bond acceptors (Lipinski definition) is 5. The Kier molecular flexibility index (Phi) is 3.87. The zero-order valence-electron chi connectivity index (χ0n) is 10.3. The van der Waals surface area contributed by atoms with Crippen LogP contribution in [0.4, 0.5) is 5.69 Å². The number of carboxylic acid groups (broad SMARTS) is 1. The van der Waals surface area contributed by atoms with Crippen LogP contribution in [0.1, 0.15) is 23.0 Å². The van der Waals surface area contributed by atoms with E-state index in [1.54, 1.807) is 18.3 Å². The van der Waals surface area contributed by atoms with Crippen LogP contribution in [0, 0.1) is 0 Å². The first-order valence-electron chi connectivity index (χ1n) is 5.70. The number of anilines is 1. The van der Waals surface area contributed by atoms with E-state index in [1.807, 2.05) is 25.1 Å². The molecule has 0 aliphatic heterocycles. The molecule has 1 heterocycles. The molecule has 0 aliphatic carbocycles. The highest BCUT2D eigenvalue weighted by Crippen LogP contribution is 2.09. The molecule has 2 rings (SSSR count). The van der Waals surface area contributed by atoms with Crippen molar-refractivity contribution >= 4 is 17.4 Å². The molecule has 0 fully saturated rings. The van der Waals surface area contributed by atoms with Gasteiger partial charge in [0.15, 0.2) is 0 Å². The van der Waals surface area contributed by atoms with Gasteiger partial charge in [-0.25, -0.2) is 0 Å². The summed E-state index contributed by atoms with van der Waals surface area (Å²) in [7, 11) is 0. The molecule has 0 unspecified atom stereocenters. The largest absolute Gasteiger partial charge is 0.545 e. The Labute approximate surface area is 110 Å². The molecule has 5 nitrogen and oxygen atoms in total. The molecule has 96 valence electrons. The molecule has 1 aromatic carbocycles. The Hall–Kier alpha value is -2.69. The van der Waals surface area contributed by atoms with Crippen molar-refractivity contribution in [3.63, 3.8) is 0 Å². The molecule has 5 heteroatoms. The lowest BCUT2D eigenvalue weighted by Gasteiger charge is -2.05. The molecule has 1 aromatic heterocycles. The Balaban J connectivity index is 2.08. The van der Waals surface area contributed by atoms with Crippen molar-refractivity contribution in [3.05, 3.63) is 59.9 Å². The van der Waals surface area contributed by atoms with Crippen LogP contribution in [0.5, 0.6) is 0 Å². The van der Waals surface area contributed by atoms with Crippen molar-refractivity contribution in [2.24, 2.45) is 5.10 Å². The van der Waals surface area contributed by atoms with Crippen molar-refractivity contribution < 1.29 is 9.90 Å². The molecule has 0 radical (unpaired) electrons. The van der Waals surface area contributed by atoms with Crippen LogP contribution in [0.2, 0.25) is 0 Å². The number of rotatable bonds is 4. The van der Waals surface area contributed by atoms with Gasteiger partial charge in [0.1, 0.15) is 0 Å². The summed E-state index contributed by atoms with van der Waals surface area (Å²) in [5.41, 5.74) is 5.19. The standard InChI is InChI=1S/C14H13N3O2/c1-10(13-4-2-3-9-15-13)16-17-12-7-5-11(6-8-12)14(18)19/h2-9,17H,1H3,(H,18,19)/p-1/b16-10+. The maximum atomic E-state index is 10.6. The van der Waals surface area contributed by atoms with Crippen LogP contribution in [-0.2, 0) is 0 Å². The summed E-state index contributed by atoms with van der Waals surface area (Å²) in [5.74, 6) is -1.19. The van der Waals surface area contributed by atoms with Crippen molar-refractivity contribution in [3.8, 4) is 0 Å². The number of pyridine rings is 1. The summed E-state index contributed by atoms with van der Waals surface area (Å²) in [6.45, 7) is 1.84. The first kappa shape index (κ1) is 12.8. The minimum absolute atomic E-state index is 0.135. The van der Waals surface area contributed by atoms with E-state index >= 15 is 0 Å². The molecule has 0 saturated heterocycles. The molecular formula is C14H12N3O2-. The summed E-state index contributed by atoms with van der Waals surface area (Å²) < 4.78 is 0. The summed E-state index contributed by atoms with van der Waals surface area (Å²) in [4.78, 5) is 14.8. The van der Waals surface area contributed by atoms with Crippen LogP contribution in [0.25, 0.3) is 0 Å². The number of hydrogen-bond donors (Lipinski definition) is 1. The van der Waals surface area contributed by atoms with Crippen LogP contribution >= 0.6 is 0 Å². The third-order valence-corrected chi connectivity index (χ3v) is 2.51. The van der Waals surface area contributed by atoms with Gasteiger partial charge in [-0.05, 0) is 36.8 Å². The van der Waals surface area contributed by atoms with Gasteiger partial charge in [-0.3, -0.25) is 10.4 Å². The normalized spacial score (nSPS) is 11.1. The number of nitrogens with zero attached hydrogens (tertiary/aromatic N) is 2. The fraction of sp³-hybridized carbons (Fsp3) is 0.0714. The Morgan fingerprint density at radius 3 is 2.53 bits per heavy atom. The quantitative estimate of drug-likeness (QED) is 0.658. The van der Waals surface area contributed by atoms with Gasteiger partial charge in [-0.15, -0.1) is 0 Å². The number of benzene rings is 1. The average Bonchev–Trinajstić information content (AvgIpc) is 2.46. The highest BCUT2D eigenvalue weighted by atomic mass is 16.4. The van der Waals surface area contributed by atoms with Gasteiger partial charge < -0.3 is 9.90 Å². The lowest BCUT2D eigenvalue weighted by molar-refractivity contribution is -0.255. The Bertz CT molecular complexity index is 592. The van der Waals surface area contributed by atoms with E-state index in [-0.39, 0.29) is 5.56 Å². The average molecular weight is 254 g/mol. The molecule has 0 amide bonds. The van der Waals surface area contributed by atoms with Gasteiger partial charge in [0, 0.05) is 6.20 Å². The van der Waals surface area contributed by atoms with Gasteiger partial charge in [0.2, 0.25) is 0 Å².